The Morgan fingerprint density at radius 1 is 1.32 bits per heavy atom. The van der Waals surface area contributed by atoms with Crippen LogP contribution in [-0.2, 0) is 4.79 Å². The Hall–Kier alpha value is -2.04. The fourth-order valence-electron chi connectivity index (χ4n) is 1.70. The lowest BCUT2D eigenvalue weighted by Gasteiger charge is -2.09. The van der Waals surface area contributed by atoms with Crippen molar-refractivity contribution in [2.24, 2.45) is 0 Å². The molecule has 0 unspecified atom stereocenters. The fraction of sp³-hybridized carbons (Fsp3) is 0.429. The normalized spacial score (nSPS) is 10.0. The van der Waals surface area contributed by atoms with Gasteiger partial charge < -0.3 is 15.2 Å². The van der Waals surface area contributed by atoms with Crippen LogP contribution in [0.3, 0.4) is 0 Å². The molecule has 5 nitrogen and oxygen atoms in total. The minimum absolute atomic E-state index is 0.0708. The highest BCUT2D eigenvalue weighted by atomic mass is 16.5. The van der Waals surface area contributed by atoms with Crippen molar-refractivity contribution in [2.75, 3.05) is 12.4 Å². The van der Waals surface area contributed by atoms with E-state index in [1.165, 1.54) is 19.2 Å². The third kappa shape index (κ3) is 4.62. The molecule has 0 aliphatic rings. The van der Waals surface area contributed by atoms with Crippen LogP contribution in [0.4, 0.5) is 5.69 Å². The topological polar surface area (TPSA) is 75.6 Å². The van der Waals surface area contributed by atoms with Crippen LogP contribution in [0.25, 0.3) is 0 Å². The third-order valence-electron chi connectivity index (χ3n) is 2.72. The van der Waals surface area contributed by atoms with E-state index in [1.807, 2.05) is 0 Å². The number of hydrogen-bond donors (Lipinski definition) is 2. The molecule has 0 saturated carbocycles. The van der Waals surface area contributed by atoms with E-state index < -0.39 is 5.97 Å². The highest BCUT2D eigenvalue weighted by Gasteiger charge is 2.12. The number of nitrogens with one attached hydrogen (secondary N) is 1. The molecular formula is C14H19NO4. The number of anilines is 1. The number of carboxylic acids is 1. The van der Waals surface area contributed by atoms with Crippen LogP contribution in [-0.4, -0.2) is 24.1 Å². The van der Waals surface area contributed by atoms with Crippen LogP contribution in [0.1, 0.15) is 43.0 Å². The van der Waals surface area contributed by atoms with Crippen LogP contribution in [0, 0.1) is 0 Å². The Bertz CT molecular complexity index is 457. The third-order valence-corrected chi connectivity index (χ3v) is 2.72. The average molecular weight is 265 g/mol. The van der Waals surface area contributed by atoms with Crippen molar-refractivity contribution in [1.29, 1.82) is 0 Å². The van der Waals surface area contributed by atoms with Gasteiger partial charge in [0.25, 0.3) is 0 Å². The molecule has 0 bridgehead atoms. The number of rotatable bonds is 7. The summed E-state index contributed by atoms with van der Waals surface area (Å²) in [5, 5.41) is 11.7. The summed E-state index contributed by atoms with van der Waals surface area (Å²) in [5.74, 6) is -0.893. The first-order valence-corrected chi connectivity index (χ1v) is 6.29. The van der Waals surface area contributed by atoms with Gasteiger partial charge in [-0.05, 0) is 18.6 Å². The van der Waals surface area contributed by atoms with E-state index in [0.29, 0.717) is 12.1 Å². The Morgan fingerprint density at radius 3 is 2.63 bits per heavy atom. The van der Waals surface area contributed by atoms with Crippen molar-refractivity contribution in [3.8, 4) is 5.75 Å². The van der Waals surface area contributed by atoms with E-state index >= 15 is 0 Å². The highest BCUT2D eigenvalue weighted by Crippen LogP contribution is 2.23. The number of carbonyl (C=O) groups is 2. The van der Waals surface area contributed by atoms with E-state index in [1.54, 1.807) is 6.07 Å². The largest absolute Gasteiger partial charge is 0.496 e. The molecule has 0 aromatic heterocycles. The van der Waals surface area contributed by atoms with Gasteiger partial charge in [-0.2, -0.15) is 0 Å². The summed E-state index contributed by atoms with van der Waals surface area (Å²) in [6.07, 6.45) is 3.41. The number of ether oxygens (including phenoxy) is 1. The second-order valence-corrected chi connectivity index (χ2v) is 4.23. The zero-order valence-electron chi connectivity index (χ0n) is 11.2. The summed E-state index contributed by atoms with van der Waals surface area (Å²) in [4.78, 5) is 22.6. The molecule has 2 N–H and O–H groups in total. The van der Waals surface area contributed by atoms with Crippen LogP contribution >= 0.6 is 0 Å². The number of methoxy groups -OCH3 is 1. The first-order valence-electron chi connectivity index (χ1n) is 6.29. The summed E-state index contributed by atoms with van der Waals surface area (Å²) in [5.41, 5.74) is 0.620. The number of benzene rings is 1. The monoisotopic (exact) mass is 265 g/mol. The maximum atomic E-state index is 11.6. The predicted molar refractivity (Wildman–Crippen MR) is 72.7 cm³/mol. The predicted octanol–water partition coefficient (Wildman–Crippen LogP) is 2.91. The van der Waals surface area contributed by atoms with Crippen LogP contribution < -0.4 is 10.1 Å². The Morgan fingerprint density at radius 2 is 2.05 bits per heavy atom. The smallest absolute Gasteiger partial charge is 0.339 e. The molecule has 104 valence electrons. The Labute approximate surface area is 112 Å². The van der Waals surface area contributed by atoms with Gasteiger partial charge in [0.15, 0.2) is 0 Å². The molecule has 0 heterocycles. The molecule has 0 saturated heterocycles. The number of carbonyl (C=O) groups excluding carboxylic acids is 1. The molecule has 1 aromatic rings. The van der Waals surface area contributed by atoms with Crippen molar-refractivity contribution in [3.63, 3.8) is 0 Å². The second kappa shape index (κ2) is 7.41. The van der Waals surface area contributed by atoms with Crippen molar-refractivity contribution in [3.05, 3.63) is 23.8 Å². The van der Waals surface area contributed by atoms with E-state index in [9.17, 15) is 9.59 Å². The maximum Gasteiger partial charge on any atom is 0.339 e. The molecule has 1 amide bonds. The fourth-order valence-corrected chi connectivity index (χ4v) is 1.70. The van der Waals surface area contributed by atoms with E-state index in [2.05, 4.69) is 12.2 Å². The van der Waals surface area contributed by atoms with Gasteiger partial charge >= 0.3 is 5.97 Å². The molecule has 0 fully saturated rings. The summed E-state index contributed by atoms with van der Waals surface area (Å²) < 4.78 is 5.00. The molecule has 0 aliphatic carbocycles. The number of unbranched alkanes of at least 4 members (excludes halogenated alkanes) is 2. The Kier molecular flexibility index (Phi) is 5.85. The maximum absolute atomic E-state index is 11.6. The Balaban J connectivity index is 2.69. The van der Waals surface area contributed by atoms with E-state index in [0.717, 1.165) is 19.3 Å². The number of aromatic carboxylic acids is 1. The molecule has 0 aliphatic heterocycles. The quantitative estimate of drug-likeness (QED) is 0.743. The number of amides is 1. The summed E-state index contributed by atoms with van der Waals surface area (Å²) >= 11 is 0. The SMILES string of the molecule is CCCCCC(=O)Nc1ccc(C(=O)O)c(OC)c1. The molecule has 1 rings (SSSR count). The molecule has 0 spiro atoms. The second-order valence-electron chi connectivity index (χ2n) is 4.23. The molecule has 0 radical (unpaired) electrons. The van der Waals surface area contributed by atoms with Gasteiger partial charge in [0, 0.05) is 18.2 Å². The molecule has 0 atom stereocenters. The average Bonchev–Trinajstić information content (AvgIpc) is 2.38. The summed E-state index contributed by atoms with van der Waals surface area (Å²) in [6.45, 7) is 2.08. The summed E-state index contributed by atoms with van der Waals surface area (Å²) in [6, 6.07) is 4.49. The first kappa shape index (κ1) is 15.0. The van der Waals surface area contributed by atoms with Gasteiger partial charge in [-0.25, -0.2) is 4.79 Å². The lowest BCUT2D eigenvalue weighted by atomic mass is 10.1. The minimum atomic E-state index is -1.06. The van der Waals surface area contributed by atoms with Gasteiger partial charge in [-0.1, -0.05) is 19.8 Å². The lowest BCUT2D eigenvalue weighted by Crippen LogP contribution is -2.11. The van der Waals surface area contributed by atoms with E-state index in [-0.39, 0.29) is 17.2 Å². The zero-order valence-corrected chi connectivity index (χ0v) is 11.2. The van der Waals surface area contributed by atoms with Gasteiger partial charge in [-0.3, -0.25) is 4.79 Å². The van der Waals surface area contributed by atoms with Crippen molar-refractivity contribution < 1.29 is 19.4 Å². The van der Waals surface area contributed by atoms with Gasteiger partial charge in [0.1, 0.15) is 11.3 Å². The van der Waals surface area contributed by atoms with Crippen LogP contribution in [0.15, 0.2) is 18.2 Å². The molecule has 1 aromatic carbocycles. The zero-order chi connectivity index (χ0) is 14.3. The molecule has 5 heteroatoms. The lowest BCUT2D eigenvalue weighted by molar-refractivity contribution is -0.116. The van der Waals surface area contributed by atoms with Gasteiger partial charge in [-0.15, -0.1) is 0 Å². The van der Waals surface area contributed by atoms with Gasteiger partial charge in [0.05, 0.1) is 7.11 Å². The number of carboxylic acid groups (broad SMARTS) is 1. The van der Waals surface area contributed by atoms with Gasteiger partial charge in [0.2, 0.25) is 5.91 Å². The minimum Gasteiger partial charge on any atom is -0.496 e. The molecule has 19 heavy (non-hydrogen) atoms. The van der Waals surface area contributed by atoms with Crippen molar-refractivity contribution in [1.82, 2.24) is 0 Å². The molecular weight excluding hydrogens is 246 g/mol. The highest BCUT2D eigenvalue weighted by molar-refractivity contribution is 5.94. The summed E-state index contributed by atoms with van der Waals surface area (Å²) in [7, 11) is 1.40. The van der Waals surface area contributed by atoms with Crippen LogP contribution in [0.2, 0.25) is 0 Å². The van der Waals surface area contributed by atoms with E-state index in [4.69, 9.17) is 9.84 Å². The van der Waals surface area contributed by atoms with Crippen molar-refractivity contribution >= 4 is 17.6 Å². The standard InChI is InChI=1S/C14H19NO4/c1-3-4-5-6-13(16)15-10-7-8-11(14(17)18)12(9-10)19-2/h7-9H,3-6H2,1-2H3,(H,15,16)(H,17,18). The first-order chi connectivity index (χ1) is 9.08. The number of hydrogen-bond acceptors (Lipinski definition) is 3. The van der Waals surface area contributed by atoms with Crippen molar-refractivity contribution in [2.45, 2.75) is 32.6 Å². The van der Waals surface area contributed by atoms with Crippen LogP contribution in [0.5, 0.6) is 5.75 Å².